The van der Waals surface area contributed by atoms with Gasteiger partial charge in [-0.15, -0.1) is 0 Å². The van der Waals surface area contributed by atoms with Crippen LogP contribution in [0.15, 0.2) is 18.2 Å². The summed E-state index contributed by atoms with van der Waals surface area (Å²) in [6.07, 6.45) is 3.21. The lowest BCUT2D eigenvalue weighted by atomic mass is 10.1. The smallest absolute Gasteiger partial charge is 0.137 e. The molecule has 1 rings (SSSR count). The Morgan fingerprint density at radius 2 is 2.06 bits per heavy atom. The molecule has 3 heteroatoms. The molecular weight excluding hydrogens is 234 g/mol. The number of nitrogens with zero attached hydrogens (tertiary/aromatic N) is 1. The van der Waals surface area contributed by atoms with Crippen LogP contribution < -0.4 is 4.74 Å². The van der Waals surface area contributed by atoms with Crippen molar-refractivity contribution in [3.63, 3.8) is 0 Å². The molecule has 0 saturated carbocycles. The van der Waals surface area contributed by atoms with Gasteiger partial charge in [0, 0.05) is 0 Å². The van der Waals surface area contributed by atoms with E-state index in [4.69, 9.17) is 16.3 Å². The summed E-state index contributed by atoms with van der Waals surface area (Å²) in [7, 11) is 4.18. The Labute approximate surface area is 110 Å². The van der Waals surface area contributed by atoms with E-state index in [0.717, 1.165) is 43.2 Å². The fraction of sp³-hybridized carbons (Fsp3) is 0.571. The minimum absolute atomic E-state index is 0.722. The first-order valence-electron chi connectivity index (χ1n) is 6.19. The molecule has 0 heterocycles. The maximum absolute atomic E-state index is 6.17. The summed E-state index contributed by atoms with van der Waals surface area (Å²) in [6, 6.07) is 6.09. The second-order valence-corrected chi connectivity index (χ2v) is 4.93. The van der Waals surface area contributed by atoms with Crippen molar-refractivity contribution in [3.8, 4) is 5.75 Å². The van der Waals surface area contributed by atoms with E-state index in [2.05, 4.69) is 32.0 Å². The number of aryl methyl sites for hydroxylation is 1. The predicted molar refractivity (Wildman–Crippen MR) is 74.1 cm³/mol. The normalized spacial score (nSPS) is 10.9. The van der Waals surface area contributed by atoms with Crippen LogP contribution in [0, 0.1) is 0 Å². The monoisotopic (exact) mass is 255 g/mol. The standard InChI is InChI=1S/C14H22ClNO/c1-4-10-17-14-8-7-12(11-13(14)15)6-5-9-16(2)3/h7-8,11H,4-6,9-10H2,1-3H3. The van der Waals surface area contributed by atoms with Crippen LogP contribution in [-0.4, -0.2) is 32.1 Å². The van der Waals surface area contributed by atoms with Crippen LogP contribution in [0.4, 0.5) is 0 Å². The van der Waals surface area contributed by atoms with Crippen molar-refractivity contribution in [2.75, 3.05) is 27.2 Å². The fourth-order valence-corrected chi connectivity index (χ4v) is 1.89. The molecule has 1 aromatic rings. The fourth-order valence-electron chi connectivity index (χ4n) is 1.63. The van der Waals surface area contributed by atoms with Crippen molar-refractivity contribution in [2.24, 2.45) is 0 Å². The number of benzene rings is 1. The van der Waals surface area contributed by atoms with E-state index in [9.17, 15) is 0 Å². The molecule has 0 aromatic heterocycles. The van der Waals surface area contributed by atoms with Crippen LogP contribution in [-0.2, 0) is 6.42 Å². The van der Waals surface area contributed by atoms with E-state index in [1.165, 1.54) is 5.56 Å². The Bertz CT molecular complexity index is 339. The van der Waals surface area contributed by atoms with Crippen LogP contribution in [0.3, 0.4) is 0 Å². The van der Waals surface area contributed by atoms with Crippen molar-refractivity contribution >= 4 is 11.6 Å². The van der Waals surface area contributed by atoms with Crippen LogP contribution in [0.1, 0.15) is 25.3 Å². The highest BCUT2D eigenvalue weighted by Gasteiger charge is 2.03. The van der Waals surface area contributed by atoms with Gasteiger partial charge in [0.2, 0.25) is 0 Å². The average Bonchev–Trinajstić information content (AvgIpc) is 2.27. The summed E-state index contributed by atoms with van der Waals surface area (Å²) in [6.45, 7) is 3.91. The van der Waals surface area contributed by atoms with Gasteiger partial charge >= 0.3 is 0 Å². The molecule has 2 nitrogen and oxygen atoms in total. The maximum Gasteiger partial charge on any atom is 0.137 e. The molecule has 0 bridgehead atoms. The molecule has 0 saturated heterocycles. The Hall–Kier alpha value is -0.730. The van der Waals surface area contributed by atoms with Crippen LogP contribution in [0.5, 0.6) is 5.75 Å². The Balaban J connectivity index is 2.50. The van der Waals surface area contributed by atoms with Gasteiger partial charge in [0.25, 0.3) is 0 Å². The summed E-state index contributed by atoms with van der Waals surface area (Å²) < 4.78 is 5.54. The van der Waals surface area contributed by atoms with Gasteiger partial charge in [-0.25, -0.2) is 0 Å². The van der Waals surface area contributed by atoms with Gasteiger partial charge in [-0.05, 0) is 57.6 Å². The van der Waals surface area contributed by atoms with E-state index in [1.54, 1.807) is 0 Å². The van der Waals surface area contributed by atoms with Crippen molar-refractivity contribution in [1.29, 1.82) is 0 Å². The summed E-state index contributed by atoms with van der Waals surface area (Å²) >= 11 is 6.17. The molecule has 0 radical (unpaired) electrons. The zero-order chi connectivity index (χ0) is 12.7. The van der Waals surface area contributed by atoms with Crippen molar-refractivity contribution in [1.82, 2.24) is 4.90 Å². The molecule has 96 valence electrons. The number of ether oxygens (including phenoxy) is 1. The molecule has 0 aliphatic carbocycles. The highest BCUT2D eigenvalue weighted by molar-refractivity contribution is 6.32. The lowest BCUT2D eigenvalue weighted by Gasteiger charge is -2.10. The van der Waals surface area contributed by atoms with Gasteiger partial charge in [0.1, 0.15) is 5.75 Å². The highest BCUT2D eigenvalue weighted by atomic mass is 35.5. The Morgan fingerprint density at radius 3 is 2.65 bits per heavy atom. The molecule has 0 aliphatic rings. The quantitative estimate of drug-likeness (QED) is 0.738. The van der Waals surface area contributed by atoms with Gasteiger partial charge in [0.15, 0.2) is 0 Å². The average molecular weight is 256 g/mol. The van der Waals surface area contributed by atoms with Gasteiger partial charge in [-0.3, -0.25) is 0 Å². The largest absolute Gasteiger partial charge is 0.492 e. The molecule has 0 unspecified atom stereocenters. The molecule has 0 amide bonds. The van der Waals surface area contributed by atoms with Gasteiger partial charge in [0.05, 0.1) is 11.6 Å². The van der Waals surface area contributed by atoms with Crippen molar-refractivity contribution < 1.29 is 4.74 Å². The topological polar surface area (TPSA) is 12.5 Å². The van der Waals surface area contributed by atoms with Crippen molar-refractivity contribution in [2.45, 2.75) is 26.2 Å². The van der Waals surface area contributed by atoms with Gasteiger partial charge < -0.3 is 9.64 Å². The zero-order valence-electron chi connectivity index (χ0n) is 11.0. The second kappa shape index (κ2) is 7.57. The third-order valence-electron chi connectivity index (χ3n) is 2.53. The summed E-state index contributed by atoms with van der Waals surface area (Å²) in [5.41, 5.74) is 1.28. The summed E-state index contributed by atoms with van der Waals surface area (Å²) in [5, 5.41) is 0.723. The van der Waals surface area contributed by atoms with E-state index < -0.39 is 0 Å². The molecule has 0 fully saturated rings. The maximum atomic E-state index is 6.17. The first-order chi connectivity index (χ1) is 8.13. The predicted octanol–water partition coefficient (Wildman–Crippen LogP) is 3.62. The van der Waals surface area contributed by atoms with Crippen LogP contribution in [0.2, 0.25) is 5.02 Å². The van der Waals surface area contributed by atoms with E-state index in [1.807, 2.05) is 12.1 Å². The lowest BCUT2D eigenvalue weighted by Crippen LogP contribution is -2.13. The Kier molecular flexibility index (Phi) is 6.38. The summed E-state index contributed by atoms with van der Waals surface area (Å²) in [5.74, 6) is 0.796. The molecule has 0 spiro atoms. The SMILES string of the molecule is CCCOc1ccc(CCCN(C)C)cc1Cl. The Morgan fingerprint density at radius 1 is 1.29 bits per heavy atom. The van der Waals surface area contributed by atoms with E-state index in [0.29, 0.717) is 0 Å². The van der Waals surface area contributed by atoms with E-state index in [-0.39, 0.29) is 0 Å². The molecule has 17 heavy (non-hydrogen) atoms. The molecule has 0 aliphatic heterocycles. The third-order valence-corrected chi connectivity index (χ3v) is 2.82. The van der Waals surface area contributed by atoms with Crippen LogP contribution >= 0.6 is 11.6 Å². The molecule has 0 atom stereocenters. The molecule has 0 N–H and O–H groups in total. The number of halogens is 1. The minimum Gasteiger partial charge on any atom is -0.492 e. The zero-order valence-corrected chi connectivity index (χ0v) is 11.8. The number of hydrogen-bond acceptors (Lipinski definition) is 2. The molecular formula is C14H22ClNO. The first kappa shape index (κ1) is 14.3. The summed E-state index contributed by atoms with van der Waals surface area (Å²) in [4.78, 5) is 2.19. The second-order valence-electron chi connectivity index (χ2n) is 4.52. The highest BCUT2D eigenvalue weighted by Crippen LogP contribution is 2.26. The van der Waals surface area contributed by atoms with Gasteiger partial charge in [-0.2, -0.15) is 0 Å². The van der Waals surface area contributed by atoms with E-state index >= 15 is 0 Å². The van der Waals surface area contributed by atoms with Gasteiger partial charge in [-0.1, -0.05) is 24.6 Å². The number of rotatable bonds is 7. The first-order valence-corrected chi connectivity index (χ1v) is 6.57. The molecule has 1 aromatic carbocycles. The van der Waals surface area contributed by atoms with Crippen LogP contribution in [0.25, 0.3) is 0 Å². The van der Waals surface area contributed by atoms with Crippen molar-refractivity contribution in [3.05, 3.63) is 28.8 Å². The number of hydrogen-bond donors (Lipinski definition) is 0. The minimum atomic E-state index is 0.722. The third kappa shape index (κ3) is 5.42. The lowest BCUT2D eigenvalue weighted by molar-refractivity contribution is 0.317.